The molecule has 1 aromatic carbocycles. The maximum absolute atomic E-state index is 12.8. The third-order valence-corrected chi connectivity index (χ3v) is 7.10. The van der Waals surface area contributed by atoms with Gasteiger partial charge in [0.25, 0.3) is 5.91 Å². The van der Waals surface area contributed by atoms with Crippen LogP contribution < -0.4 is 5.32 Å². The minimum absolute atomic E-state index is 0.00764. The minimum atomic E-state index is -3.75. The smallest absolute Gasteiger partial charge is 0.373 e. The number of ether oxygens (including phenoxy) is 2. The van der Waals surface area contributed by atoms with E-state index < -0.39 is 33.9 Å². The number of sulfonamides is 1. The summed E-state index contributed by atoms with van der Waals surface area (Å²) in [6, 6.07) is 7.53. The first-order valence-corrected chi connectivity index (χ1v) is 12.2. The number of amides is 1. The van der Waals surface area contributed by atoms with Crippen molar-refractivity contribution < 1.29 is 36.7 Å². The van der Waals surface area contributed by atoms with Crippen LogP contribution in [0.2, 0.25) is 0 Å². The summed E-state index contributed by atoms with van der Waals surface area (Å²) in [5.41, 5.74) is 0.0976. The van der Waals surface area contributed by atoms with Crippen LogP contribution in [-0.4, -0.2) is 56.8 Å². The van der Waals surface area contributed by atoms with Gasteiger partial charge < -0.3 is 19.2 Å². The molecule has 2 aromatic rings. The number of nitrogens with zero attached hydrogens (tertiary/aromatic N) is 1. The number of rotatable bonds is 11. The maximum Gasteiger partial charge on any atom is 0.373 e. The van der Waals surface area contributed by atoms with Crippen molar-refractivity contribution in [2.24, 2.45) is 5.92 Å². The van der Waals surface area contributed by atoms with Gasteiger partial charge in [0, 0.05) is 18.7 Å². The Balaban J connectivity index is 2.12. The molecule has 1 atom stereocenters. The molecule has 0 saturated carbocycles. The van der Waals surface area contributed by atoms with Gasteiger partial charge in [-0.3, -0.25) is 4.79 Å². The summed E-state index contributed by atoms with van der Waals surface area (Å²) in [6.45, 7) is 7.28. The van der Waals surface area contributed by atoms with Crippen LogP contribution in [0.15, 0.2) is 45.7 Å². The van der Waals surface area contributed by atoms with E-state index in [1.165, 1.54) is 47.8 Å². The fourth-order valence-corrected chi connectivity index (χ4v) is 4.63. The van der Waals surface area contributed by atoms with E-state index in [4.69, 9.17) is 9.15 Å². The zero-order chi connectivity index (χ0) is 25.5. The number of nitrogens with one attached hydrogen (secondary N) is 1. The summed E-state index contributed by atoms with van der Waals surface area (Å²) in [6.07, 6.45) is 0. The van der Waals surface area contributed by atoms with Crippen LogP contribution in [0.4, 0.5) is 0 Å². The zero-order valence-corrected chi connectivity index (χ0v) is 20.7. The molecule has 0 saturated heterocycles. The average Bonchev–Trinajstić information content (AvgIpc) is 3.30. The zero-order valence-electron chi connectivity index (χ0n) is 19.9. The second-order valence-corrected chi connectivity index (χ2v) is 9.62. The van der Waals surface area contributed by atoms with Crippen LogP contribution in [-0.2, 0) is 30.9 Å². The molecule has 1 heterocycles. The Morgan fingerprint density at radius 2 is 1.76 bits per heavy atom. The molecule has 11 heteroatoms. The van der Waals surface area contributed by atoms with Gasteiger partial charge in [-0.15, -0.1) is 0 Å². The fourth-order valence-electron chi connectivity index (χ4n) is 3.13. The van der Waals surface area contributed by atoms with Crippen molar-refractivity contribution in [1.82, 2.24) is 9.62 Å². The second kappa shape index (κ2) is 11.8. The van der Waals surface area contributed by atoms with Crippen molar-refractivity contribution in [1.29, 1.82) is 0 Å². The van der Waals surface area contributed by atoms with Gasteiger partial charge in [-0.1, -0.05) is 33.8 Å². The number of esters is 2. The van der Waals surface area contributed by atoms with Crippen LogP contribution in [0.3, 0.4) is 0 Å². The first-order valence-electron chi connectivity index (χ1n) is 10.8. The third-order valence-electron chi connectivity index (χ3n) is 5.05. The standard InChI is InChI=1S/C23H30N2O8S/c1-6-25(7-2)34(29,30)18-10-8-9-16(13-18)21(26)24-20(15(3)4)23(28)32-14-17-11-12-19(33-17)22(27)31-5/h8-13,15,20H,6-7,14H2,1-5H3,(H,24,26)/t20-/m0/s1. The monoisotopic (exact) mass is 494 g/mol. The normalized spacial score (nSPS) is 12.4. The Morgan fingerprint density at radius 1 is 1.09 bits per heavy atom. The quantitative estimate of drug-likeness (QED) is 0.472. The Bertz CT molecular complexity index is 1120. The number of hydrogen-bond donors (Lipinski definition) is 1. The number of furan rings is 1. The van der Waals surface area contributed by atoms with Crippen LogP contribution in [0.25, 0.3) is 0 Å². The molecular formula is C23H30N2O8S. The Hall–Kier alpha value is -3.18. The molecule has 34 heavy (non-hydrogen) atoms. The molecule has 0 aliphatic carbocycles. The first-order chi connectivity index (χ1) is 16.0. The van der Waals surface area contributed by atoms with Crippen molar-refractivity contribution in [2.45, 2.75) is 45.2 Å². The number of carbonyl (C=O) groups excluding carboxylic acids is 3. The van der Waals surface area contributed by atoms with Crippen molar-refractivity contribution in [2.75, 3.05) is 20.2 Å². The van der Waals surface area contributed by atoms with E-state index in [0.29, 0.717) is 13.1 Å². The highest BCUT2D eigenvalue weighted by atomic mass is 32.2. The molecular weight excluding hydrogens is 464 g/mol. The summed E-state index contributed by atoms with van der Waals surface area (Å²) >= 11 is 0. The minimum Gasteiger partial charge on any atom is -0.463 e. The van der Waals surface area contributed by atoms with Gasteiger partial charge in [-0.25, -0.2) is 18.0 Å². The van der Waals surface area contributed by atoms with Gasteiger partial charge >= 0.3 is 11.9 Å². The summed E-state index contributed by atoms with van der Waals surface area (Å²) in [5.74, 6) is -2.08. The molecule has 0 radical (unpaired) electrons. The van der Waals surface area contributed by atoms with Gasteiger partial charge in [0.1, 0.15) is 18.4 Å². The molecule has 1 N–H and O–H groups in total. The maximum atomic E-state index is 12.8. The average molecular weight is 495 g/mol. The molecule has 186 valence electrons. The summed E-state index contributed by atoms with van der Waals surface area (Å²) in [5, 5.41) is 2.61. The van der Waals surface area contributed by atoms with Crippen LogP contribution >= 0.6 is 0 Å². The number of carbonyl (C=O) groups is 3. The van der Waals surface area contributed by atoms with Gasteiger partial charge in [0.15, 0.2) is 0 Å². The molecule has 0 fully saturated rings. The SMILES string of the molecule is CCN(CC)S(=O)(=O)c1cccc(C(=O)N[C@H](C(=O)OCc2ccc(C(=O)OC)o2)C(C)C)c1. The van der Waals surface area contributed by atoms with Crippen LogP contribution in [0, 0.1) is 5.92 Å². The van der Waals surface area contributed by atoms with E-state index in [9.17, 15) is 22.8 Å². The second-order valence-electron chi connectivity index (χ2n) is 7.68. The lowest BCUT2D eigenvalue weighted by Crippen LogP contribution is -2.45. The largest absolute Gasteiger partial charge is 0.463 e. The lowest BCUT2D eigenvalue weighted by Gasteiger charge is -2.21. The fraction of sp³-hybridized carbons (Fsp3) is 0.435. The first kappa shape index (κ1) is 27.1. The van der Waals surface area contributed by atoms with Crippen molar-refractivity contribution in [3.8, 4) is 0 Å². The predicted molar refractivity (Wildman–Crippen MR) is 122 cm³/mol. The van der Waals surface area contributed by atoms with E-state index in [1.54, 1.807) is 27.7 Å². The number of benzene rings is 1. The van der Waals surface area contributed by atoms with Crippen molar-refractivity contribution in [3.05, 3.63) is 53.5 Å². The molecule has 2 rings (SSSR count). The van der Waals surface area contributed by atoms with Gasteiger partial charge in [-0.05, 0) is 36.2 Å². The Kier molecular flexibility index (Phi) is 9.39. The molecule has 10 nitrogen and oxygen atoms in total. The van der Waals surface area contributed by atoms with Crippen LogP contribution in [0.5, 0.6) is 0 Å². The highest BCUT2D eigenvalue weighted by Gasteiger charge is 2.28. The summed E-state index contributed by atoms with van der Waals surface area (Å²) in [7, 11) is -2.53. The van der Waals surface area contributed by atoms with E-state index in [1.807, 2.05) is 0 Å². The molecule has 0 aliphatic rings. The molecule has 1 aromatic heterocycles. The molecule has 0 aliphatic heterocycles. The summed E-state index contributed by atoms with van der Waals surface area (Å²) < 4.78 is 41.9. The van der Waals surface area contributed by atoms with Crippen molar-refractivity contribution in [3.63, 3.8) is 0 Å². The van der Waals surface area contributed by atoms with E-state index >= 15 is 0 Å². The molecule has 0 unspecified atom stereocenters. The van der Waals surface area contributed by atoms with Gasteiger partial charge in [0.2, 0.25) is 15.8 Å². The lowest BCUT2D eigenvalue weighted by atomic mass is 10.0. The van der Waals surface area contributed by atoms with Crippen LogP contribution in [0.1, 0.15) is 54.4 Å². The lowest BCUT2D eigenvalue weighted by molar-refractivity contribution is -0.149. The Morgan fingerprint density at radius 3 is 2.35 bits per heavy atom. The molecule has 1 amide bonds. The summed E-state index contributed by atoms with van der Waals surface area (Å²) in [4.78, 5) is 36.9. The van der Waals surface area contributed by atoms with Gasteiger partial charge in [0.05, 0.1) is 12.0 Å². The van der Waals surface area contributed by atoms with Crippen molar-refractivity contribution >= 4 is 27.9 Å². The highest BCUT2D eigenvalue weighted by molar-refractivity contribution is 7.89. The molecule has 0 bridgehead atoms. The number of methoxy groups -OCH3 is 1. The highest BCUT2D eigenvalue weighted by Crippen LogP contribution is 2.18. The number of hydrogen-bond acceptors (Lipinski definition) is 8. The van der Waals surface area contributed by atoms with Gasteiger partial charge in [-0.2, -0.15) is 4.31 Å². The molecule has 0 spiro atoms. The van der Waals surface area contributed by atoms with E-state index in [0.717, 1.165) is 0 Å². The predicted octanol–water partition coefficient (Wildman–Crippen LogP) is 2.59. The Labute approximate surface area is 199 Å². The third kappa shape index (κ3) is 6.45. The topological polar surface area (TPSA) is 132 Å². The van der Waals surface area contributed by atoms with E-state index in [2.05, 4.69) is 10.1 Å². The van der Waals surface area contributed by atoms with E-state index in [-0.39, 0.29) is 34.5 Å².